The summed E-state index contributed by atoms with van der Waals surface area (Å²) < 4.78 is 25.2. The maximum atomic E-state index is 11.3. The van der Waals surface area contributed by atoms with Crippen molar-refractivity contribution in [2.75, 3.05) is 12.3 Å². The largest absolute Gasteiger partial charge is 0.330 e. The lowest BCUT2D eigenvalue weighted by molar-refractivity contribution is 0.542. The van der Waals surface area contributed by atoms with Crippen molar-refractivity contribution in [1.29, 1.82) is 0 Å². The highest BCUT2D eigenvalue weighted by Gasteiger charge is 2.12. The van der Waals surface area contributed by atoms with Crippen LogP contribution in [0.3, 0.4) is 0 Å². The van der Waals surface area contributed by atoms with Gasteiger partial charge in [0.15, 0.2) is 0 Å². The summed E-state index contributed by atoms with van der Waals surface area (Å²) >= 11 is 0. The fraction of sp³-hybridized carbons (Fsp3) is 1.00. The van der Waals surface area contributed by atoms with Crippen molar-refractivity contribution in [2.24, 2.45) is 5.73 Å². The first-order chi connectivity index (χ1) is 6.02. The van der Waals surface area contributed by atoms with E-state index in [2.05, 4.69) is 4.72 Å². The normalized spacial score (nSPS) is 14.4. The van der Waals surface area contributed by atoms with Crippen LogP contribution in [0.1, 0.15) is 33.1 Å². The molecule has 0 aliphatic heterocycles. The van der Waals surface area contributed by atoms with Crippen LogP contribution in [0.25, 0.3) is 0 Å². The Morgan fingerprint density at radius 3 is 2.54 bits per heavy atom. The fourth-order valence-electron chi connectivity index (χ4n) is 1.13. The molecule has 0 saturated heterocycles. The van der Waals surface area contributed by atoms with Crippen LogP contribution in [0.15, 0.2) is 0 Å². The highest BCUT2D eigenvalue weighted by molar-refractivity contribution is 7.89. The van der Waals surface area contributed by atoms with Gasteiger partial charge in [-0.2, -0.15) is 0 Å². The van der Waals surface area contributed by atoms with Gasteiger partial charge in [-0.3, -0.25) is 0 Å². The second-order valence-corrected chi connectivity index (χ2v) is 5.14. The standard InChI is InChI=1S/C8H20N2O2S/c1-3-5-8(2)10-13(11,12)7-4-6-9/h8,10H,3-7,9H2,1-2H3. The van der Waals surface area contributed by atoms with Crippen molar-refractivity contribution in [2.45, 2.75) is 39.2 Å². The first kappa shape index (κ1) is 12.9. The van der Waals surface area contributed by atoms with Crippen LogP contribution in [0.5, 0.6) is 0 Å². The minimum absolute atomic E-state index is 0.0350. The monoisotopic (exact) mass is 208 g/mol. The number of nitrogens with two attached hydrogens (primary N) is 1. The molecule has 0 heterocycles. The second kappa shape index (κ2) is 6.34. The Kier molecular flexibility index (Phi) is 6.28. The average Bonchev–Trinajstić information content (AvgIpc) is 2.00. The predicted octanol–water partition coefficient (Wildman–Crippen LogP) is 0.443. The number of nitrogens with one attached hydrogen (secondary N) is 1. The molecule has 0 aromatic heterocycles. The number of hydrogen-bond acceptors (Lipinski definition) is 3. The Bertz CT molecular complexity index is 214. The van der Waals surface area contributed by atoms with E-state index in [1.165, 1.54) is 0 Å². The summed E-state index contributed by atoms with van der Waals surface area (Å²) in [5.74, 6) is 0.136. The first-order valence-electron chi connectivity index (χ1n) is 4.72. The van der Waals surface area contributed by atoms with Gasteiger partial charge >= 0.3 is 0 Å². The van der Waals surface area contributed by atoms with E-state index in [9.17, 15) is 8.42 Å². The molecular weight excluding hydrogens is 188 g/mol. The zero-order valence-electron chi connectivity index (χ0n) is 8.41. The van der Waals surface area contributed by atoms with Crippen LogP contribution < -0.4 is 10.5 Å². The van der Waals surface area contributed by atoms with Gasteiger partial charge < -0.3 is 5.73 Å². The molecule has 1 atom stereocenters. The van der Waals surface area contributed by atoms with Crippen LogP contribution in [0.2, 0.25) is 0 Å². The summed E-state index contributed by atoms with van der Waals surface area (Å²) in [6, 6.07) is 0.0350. The minimum Gasteiger partial charge on any atom is -0.330 e. The summed E-state index contributed by atoms with van der Waals surface area (Å²) in [5.41, 5.74) is 5.23. The first-order valence-corrected chi connectivity index (χ1v) is 6.37. The smallest absolute Gasteiger partial charge is 0.211 e. The van der Waals surface area contributed by atoms with E-state index in [4.69, 9.17) is 5.73 Å². The Hall–Kier alpha value is -0.130. The average molecular weight is 208 g/mol. The summed E-state index contributed by atoms with van der Waals surface area (Å²) in [6.07, 6.45) is 2.39. The highest BCUT2D eigenvalue weighted by atomic mass is 32.2. The Balaban J connectivity index is 3.87. The van der Waals surface area contributed by atoms with Crippen molar-refractivity contribution in [3.05, 3.63) is 0 Å². The van der Waals surface area contributed by atoms with Gasteiger partial charge in [0.05, 0.1) is 5.75 Å². The Morgan fingerprint density at radius 1 is 1.46 bits per heavy atom. The lowest BCUT2D eigenvalue weighted by Crippen LogP contribution is -2.34. The van der Waals surface area contributed by atoms with Gasteiger partial charge in [-0.15, -0.1) is 0 Å². The van der Waals surface area contributed by atoms with Crippen molar-refractivity contribution in [1.82, 2.24) is 4.72 Å². The molecule has 0 aromatic carbocycles. The van der Waals surface area contributed by atoms with Gasteiger partial charge in [0.1, 0.15) is 0 Å². The molecule has 13 heavy (non-hydrogen) atoms. The van der Waals surface area contributed by atoms with E-state index in [1.807, 2.05) is 13.8 Å². The lowest BCUT2D eigenvalue weighted by Gasteiger charge is -2.12. The van der Waals surface area contributed by atoms with E-state index in [0.717, 1.165) is 12.8 Å². The number of hydrogen-bond donors (Lipinski definition) is 2. The summed E-state index contributed by atoms with van der Waals surface area (Å²) in [7, 11) is -3.10. The fourth-order valence-corrected chi connectivity index (χ4v) is 2.53. The number of sulfonamides is 1. The molecule has 0 aliphatic rings. The SMILES string of the molecule is CCCC(C)NS(=O)(=O)CCCN. The maximum absolute atomic E-state index is 11.3. The second-order valence-electron chi connectivity index (χ2n) is 3.27. The summed E-state index contributed by atoms with van der Waals surface area (Å²) in [6.45, 7) is 4.33. The zero-order chi connectivity index (χ0) is 10.3. The molecule has 0 rings (SSSR count). The molecule has 0 radical (unpaired) electrons. The number of rotatable bonds is 7. The van der Waals surface area contributed by atoms with Crippen LogP contribution in [0, 0.1) is 0 Å². The lowest BCUT2D eigenvalue weighted by atomic mass is 10.2. The molecule has 5 heteroatoms. The zero-order valence-corrected chi connectivity index (χ0v) is 9.23. The third-order valence-corrected chi connectivity index (χ3v) is 3.31. The maximum Gasteiger partial charge on any atom is 0.211 e. The molecule has 4 nitrogen and oxygen atoms in total. The quantitative estimate of drug-likeness (QED) is 0.638. The van der Waals surface area contributed by atoms with E-state index >= 15 is 0 Å². The van der Waals surface area contributed by atoms with Crippen molar-refractivity contribution >= 4 is 10.0 Å². The minimum atomic E-state index is -3.10. The van der Waals surface area contributed by atoms with E-state index in [-0.39, 0.29) is 11.8 Å². The van der Waals surface area contributed by atoms with Gasteiger partial charge in [-0.25, -0.2) is 13.1 Å². The molecule has 0 aromatic rings. The molecule has 0 spiro atoms. The highest BCUT2D eigenvalue weighted by Crippen LogP contribution is 1.98. The van der Waals surface area contributed by atoms with Gasteiger partial charge in [0.25, 0.3) is 0 Å². The van der Waals surface area contributed by atoms with Crippen LogP contribution in [0.4, 0.5) is 0 Å². The third kappa shape index (κ3) is 6.98. The Morgan fingerprint density at radius 2 is 2.08 bits per heavy atom. The van der Waals surface area contributed by atoms with Gasteiger partial charge in [-0.1, -0.05) is 13.3 Å². The molecule has 3 N–H and O–H groups in total. The Labute approximate surface area is 80.9 Å². The van der Waals surface area contributed by atoms with Gasteiger partial charge in [-0.05, 0) is 26.3 Å². The molecule has 0 amide bonds. The molecular formula is C8H20N2O2S. The predicted molar refractivity (Wildman–Crippen MR) is 55.0 cm³/mol. The van der Waals surface area contributed by atoms with Gasteiger partial charge in [0, 0.05) is 6.04 Å². The molecule has 0 aliphatic carbocycles. The van der Waals surface area contributed by atoms with Crippen LogP contribution in [-0.2, 0) is 10.0 Å². The van der Waals surface area contributed by atoms with E-state index in [1.54, 1.807) is 0 Å². The molecule has 0 fully saturated rings. The molecule has 0 bridgehead atoms. The van der Waals surface area contributed by atoms with Crippen LogP contribution >= 0.6 is 0 Å². The van der Waals surface area contributed by atoms with Gasteiger partial charge in [0.2, 0.25) is 10.0 Å². The summed E-state index contributed by atoms with van der Waals surface area (Å²) in [5, 5.41) is 0. The van der Waals surface area contributed by atoms with Crippen LogP contribution in [-0.4, -0.2) is 26.8 Å². The van der Waals surface area contributed by atoms with Crippen molar-refractivity contribution in [3.8, 4) is 0 Å². The molecule has 0 saturated carbocycles. The van der Waals surface area contributed by atoms with Crippen molar-refractivity contribution in [3.63, 3.8) is 0 Å². The third-order valence-electron chi connectivity index (χ3n) is 1.72. The molecule has 80 valence electrons. The summed E-state index contributed by atoms with van der Waals surface area (Å²) in [4.78, 5) is 0. The molecule has 1 unspecified atom stereocenters. The van der Waals surface area contributed by atoms with Crippen molar-refractivity contribution < 1.29 is 8.42 Å². The van der Waals surface area contributed by atoms with E-state index in [0.29, 0.717) is 13.0 Å². The topological polar surface area (TPSA) is 72.2 Å². The van der Waals surface area contributed by atoms with E-state index < -0.39 is 10.0 Å².